The monoisotopic (exact) mass is 815 g/mol. The van der Waals surface area contributed by atoms with Gasteiger partial charge in [-0.2, -0.15) is 0 Å². The van der Waals surface area contributed by atoms with Crippen LogP contribution in [0.4, 0.5) is 0 Å². The number of hydrogen-bond acceptors (Lipinski definition) is 8. The third-order valence-corrected chi connectivity index (χ3v) is 11.3. The van der Waals surface area contributed by atoms with Gasteiger partial charge in [0.15, 0.2) is 6.10 Å². The second kappa shape index (κ2) is 39.0. The maximum Gasteiger partial charge on any atom is 0.475 e. The predicted molar refractivity (Wildman–Crippen MR) is 234 cm³/mol. The van der Waals surface area contributed by atoms with E-state index < -0.39 is 13.9 Å². The van der Waals surface area contributed by atoms with E-state index in [9.17, 15) is 14.2 Å². The molecule has 0 aromatic carbocycles. The minimum Gasteiger partial charge on any atom is -0.462 e. The van der Waals surface area contributed by atoms with Crippen molar-refractivity contribution in [2.75, 3.05) is 54.1 Å². The van der Waals surface area contributed by atoms with Crippen LogP contribution in [-0.4, -0.2) is 76.6 Å². The Hall–Kier alpha value is -1.51. The Balaban J connectivity index is 4.57. The Labute approximate surface area is 345 Å². The summed E-state index contributed by atoms with van der Waals surface area (Å²) in [6.07, 6.45) is 39.8. The number of nitrogens with zero attached hydrogens (tertiary/aromatic N) is 1. The summed E-state index contributed by atoms with van der Waals surface area (Å²) in [5, 5.41) is 0. The molecule has 0 saturated heterocycles. The quantitative estimate of drug-likeness (QED) is 0.0198. The lowest BCUT2D eigenvalue weighted by atomic mass is 10.1. The maximum atomic E-state index is 13.3. The zero-order chi connectivity index (χ0) is 41.4. The summed E-state index contributed by atoms with van der Waals surface area (Å²) in [7, 11) is 2.12. The Kier molecular flexibility index (Phi) is 37.9. The molecule has 0 aliphatic rings. The van der Waals surface area contributed by atoms with E-state index in [4.69, 9.17) is 23.0 Å². The van der Waals surface area contributed by atoms with Crippen LogP contribution in [0, 0.1) is 0 Å². The number of quaternary nitrogens is 1. The number of esters is 2. The second-order valence-corrected chi connectivity index (χ2v) is 18.1. The summed E-state index contributed by atoms with van der Waals surface area (Å²) >= 11 is 0. The molecule has 0 rings (SSSR count). The molecule has 10 heteroatoms. The van der Waals surface area contributed by atoms with Gasteiger partial charge in [-0.05, 0) is 71.1 Å². The van der Waals surface area contributed by atoms with Crippen LogP contribution in [0.3, 0.4) is 0 Å². The number of carbonyl (C=O) groups is 2. The van der Waals surface area contributed by atoms with Gasteiger partial charge in [0.1, 0.15) is 19.8 Å². The summed E-state index contributed by atoms with van der Waals surface area (Å²) < 4.78 is 41.7. The van der Waals surface area contributed by atoms with Gasteiger partial charge in [0.25, 0.3) is 0 Å². The molecule has 0 fully saturated rings. The summed E-state index contributed by atoms with van der Waals surface area (Å²) in [5.74, 6) is -0.727. The molecule has 2 unspecified atom stereocenters. The van der Waals surface area contributed by atoms with Gasteiger partial charge in [0, 0.05) is 12.8 Å². The molecule has 0 radical (unpaired) electrons. The highest BCUT2D eigenvalue weighted by atomic mass is 31.2. The van der Waals surface area contributed by atoms with Crippen LogP contribution >= 0.6 is 7.82 Å². The molecule has 9 nitrogen and oxygen atoms in total. The van der Waals surface area contributed by atoms with Crippen LogP contribution in [0.25, 0.3) is 0 Å². The lowest BCUT2D eigenvalue weighted by Gasteiger charge is -2.25. The summed E-state index contributed by atoms with van der Waals surface area (Å²) in [4.78, 5) is 25.4. The fourth-order valence-electron chi connectivity index (χ4n) is 6.17. The van der Waals surface area contributed by atoms with Crippen molar-refractivity contribution in [1.82, 2.24) is 0 Å². The third-order valence-electron chi connectivity index (χ3n) is 9.73. The summed E-state index contributed by atoms with van der Waals surface area (Å²) in [6.45, 7) is 6.69. The molecule has 0 spiro atoms. The van der Waals surface area contributed by atoms with Crippen LogP contribution < -0.4 is 0 Å². The number of phosphoric ester groups is 1. The van der Waals surface area contributed by atoms with Crippen LogP contribution in [0.1, 0.15) is 201 Å². The Bertz CT molecular complexity index is 1010. The molecule has 0 aliphatic carbocycles. The van der Waals surface area contributed by atoms with Crippen molar-refractivity contribution < 1.29 is 41.7 Å². The maximum absolute atomic E-state index is 13.3. The number of ether oxygens (including phenoxy) is 2. The molecule has 0 aromatic heterocycles. The Morgan fingerprint density at radius 1 is 0.518 bits per heavy atom. The molecule has 56 heavy (non-hydrogen) atoms. The van der Waals surface area contributed by atoms with E-state index in [0.717, 1.165) is 70.6 Å². The van der Waals surface area contributed by atoms with E-state index in [1.165, 1.54) is 96.3 Å². The van der Waals surface area contributed by atoms with Crippen LogP contribution in [0.5, 0.6) is 0 Å². The number of allylic oxidation sites excluding steroid dienone is 4. The lowest BCUT2D eigenvalue weighted by Crippen LogP contribution is -2.37. The molecule has 0 aliphatic heterocycles. The Morgan fingerprint density at radius 2 is 0.929 bits per heavy atom. The first-order valence-electron chi connectivity index (χ1n) is 23.0. The largest absolute Gasteiger partial charge is 0.475 e. The van der Waals surface area contributed by atoms with E-state index >= 15 is 0 Å². The number of hydrogen-bond donors (Lipinski definition) is 0. The highest BCUT2D eigenvalue weighted by molar-refractivity contribution is 7.48. The number of rotatable bonds is 42. The molecule has 0 aromatic rings. The van der Waals surface area contributed by atoms with Crippen LogP contribution in [-0.2, 0) is 37.2 Å². The molecule has 0 N–H and O–H groups in total. The van der Waals surface area contributed by atoms with Crippen molar-refractivity contribution >= 4 is 19.8 Å². The van der Waals surface area contributed by atoms with Crippen LogP contribution in [0.15, 0.2) is 24.3 Å². The van der Waals surface area contributed by atoms with E-state index in [1.807, 2.05) is 21.1 Å². The molecule has 0 heterocycles. The van der Waals surface area contributed by atoms with Crippen LogP contribution in [0.2, 0.25) is 0 Å². The van der Waals surface area contributed by atoms with Crippen molar-refractivity contribution in [3.63, 3.8) is 0 Å². The Morgan fingerprint density at radius 3 is 1.36 bits per heavy atom. The predicted octanol–water partition coefficient (Wildman–Crippen LogP) is 13.4. The van der Waals surface area contributed by atoms with Crippen molar-refractivity contribution in [3.8, 4) is 0 Å². The van der Waals surface area contributed by atoms with Gasteiger partial charge < -0.3 is 14.0 Å². The summed E-state index contributed by atoms with van der Waals surface area (Å²) in [5.41, 5.74) is 0. The number of carbonyl (C=O) groups excluding carboxylic acids is 2. The van der Waals surface area contributed by atoms with Gasteiger partial charge in [-0.1, -0.05) is 141 Å². The fraction of sp³-hybridized carbons (Fsp3) is 0.870. The fourth-order valence-corrected chi connectivity index (χ4v) is 7.36. The minimum atomic E-state index is -3.90. The lowest BCUT2D eigenvalue weighted by molar-refractivity contribution is -0.870. The van der Waals surface area contributed by atoms with Gasteiger partial charge in [-0.3, -0.25) is 23.2 Å². The van der Waals surface area contributed by atoms with E-state index in [2.05, 4.69) is 38.2 Å². The molecule has 0 bridgehead atoms. The summed E-state index contributed by atoms with van der Waals surface area (Å²) in [6, 6.07) is 0. The number of phosphoric acid groups is 1. The second-order valence-electron chi connectivity index (χ2n) is 16.5. The van der Waals surface area contributed by atoms with E-state index in [1.54, 1.807) is 6.92 Å². The standard InChI is InChI=1S/C46H89NO8P/c1-7-10-12-14-16-18-20-22-24-26-28-30-32-34-36-38-45(48)51-42-44(43-54-56(50,52-9-3)53-41-40-47(4,5)6)55-46(49)39-37-35-33-31-29-27-25-23-21-19-17-15-13-11-8-2/h22-25,44H,7-21,26-43H2,1-6H3/q+1. The van der Waals surface area contributed by atoms with Crippen molar-refractivity contribution in [2.24, 2.45) is 0 Å². The van der Waals surface area contributed by atoms with Crippen molar-refractivity contribution in [3.05, 3.63) is 24.3 Å². The minimum absolute atomic E-state index is 0.131. The highest BCUT2D eigenvalue weighted by Gasteiger charge is 2.30. The molecular weight excluding hydrogens is 725 g/mol. The topological polar surface area (TPSA) is 97.4 Å². The van der Waals surface area contributed by atoms with E-state index in [-0.39, 0.29) is 44.8 Å². The van der Waals surface area contributed by atoms with Crippen molar-refractivity contribution in [2.45, 2.75) is 207 Å². The van der Waals surface area contributed by atoms with Gasteiger partial charge in [0.05, 0.1) is 34.4 Å². The van der Waals surface area contributed by atoms with Gasteiger partial charge in [-0.15, -0.1) is 0 Å². The third kappa shape index (κ3) is 39.3. The zero-order valence-corrected chi connectivity index (χ0v) is 38.3. The molecule has 0 amide bonds. The van der Waals surface area contributed by atoms with Gasteiger partial charge in [-0.25, -0.2) is 4.57 Å². The van der Waals surface area contributed by atoms with E-state index in [0.29, 0.717) is 17.4 Å². The highest BCUT2D eigenvalue weighted by Crippen LogP contribution is 2.49. The number of unbranched alkanes of at least 4 members (excludes halogenated alkanes) is 22. The van der Waals surface area contributed by atoms with Crippen molar-refractivity contribution in [1.29, 1.82) is 0 Å². The number of likely N-dealkylation sites (N-methyl/N-ethyl adjacent to an activating group) is 1. The first-order valence-corrected chi connectivity index (χ1v) is 24.5. The van der Waals surface area contributed by atoms with Gasteiger partial charge in [0.2, 0.25) is 0 Å². The SMILES string of the molecule is CCCCCCCCC=CCCCCCCCC(=O)OCC(COP(=O)(OCC)OCC[N+](C)(C)C)OC(=O)CCCCCCCC=CCCCCCCCC. The molecule has 330 valence electrons. The first-order chi connectivity index (χ1) is 27.0. The molecule has 0 saturated carbocycles. The first kappa shape index (κ1) is 54.5. The average molecular weight is 815 g/mol. The average Bonchev–Trinajstić information content (AvgIpc) is 3.15. The van der Waals surface area contributed by atoms with Gasteiger partial charge >= 0.3 is 19.8 Å². The molecular formula is C46H89NO8P+. The smallest absolute Gasteiger partial charge is 0.462 e. The molecule has 2 atom stereocenters. The normalized spacial score (nSPS) is 13.8. The zero-order valence-electron chi connectivity index (χ0n) is 37.4.